The van der Waals surface area contributed by atoms with E-state index in [2.05, 4.69) is 20.7 Å². The van der Waals surface area contributed by atoms with Crippen LogP contribution in [0.25, 0.3) is 0 Å². The lowest BCUT2D eigenvalue weighted by atomic mass is 10.3. The van der Waals surface area contributed by atoms with Crippen LogP contribution in [0.15, 0.2) is 46.9 Å². The predicted molar refractivity (Wildman–Crippen MR) is 75.4 cm³/mol. The summed E-state index contributed by atoms with van der Waals surface area (Å²) in [6, 6.07) is 9.70. The van der Waals surface area contributed by atoms with Crippen LogP contribution in [-0.2, 0) is 0 Å². The van der Waals surface area contributed by atoms with Crippen molar-refractivity contribution in [2.24, 2.45) is 10.8 Å². The van der Waals surface area contributed by atoms with E-state index >= 15 is 0 Å². The summed E-state index contributed by atoms with van der Waals surface area (Å²) in [6.07, 6.45) is 1.77. The van der Waals surface area contributed by atoms with Crippen LogP contribution < -0.4 is 16.6 Å². The molecule has 1 aromatic heterocycles. The number of rotatable bonds is 3. The molecule has 0 spiro atoms. The molecule has 0 aliphatic heterocycles. The van der Waals surface area contributed by atoms with Crippen molar-refractivity contribution >= 4 is 23.0 Å². The lowest BCUT2D eigenvalue weighted by Gasteiger charge is -2.11. The number of aliphatic imine (C=N–C) groups is 1. The number of hydrogen-bond acceptors (Lipinski definition) is 4. The maximum atomic E-state index is 5.46. The van der Waals surface area contributed by atoms with Gasteiger partial charge in [-0.15, -0.1) is 11.3 Å². The molecule has 1 unspecified atom stereocenters. The van der Waals surface area contributed by atoms with E-state index in [1.54, 1.807) is 17.5 Å². The molecule has 0 aliphatic rings. The van der Waals surface area contributed by atoms with Gasteiger partial charge in [0.1, 0.15) is 11.0 Å². The van der Waals surface area contributed by atoms with Crippen molar-refractivity contribution in [3.8, 4) is 0 Å². The molecular formula is C12H15N5S. The smallest absolute Gasteiger partial charge is 0.210 e. The average Bonchev–Trinajstić information content (AvgIpc) is 2.93. The zero-order valence-corrected chi connectivity index (χ0v) is 10.8. The Kier molecular flexibility index (Phi) is 4.27. The van der Waals surface area contributed by atoms with Gasteiger partial charge in [-0.25, -0.2) is 15.8 Å². The summed E-state index contributed by atoms with van der Waals surface area (Å²) < 4.78 is 0. The SMILES string of the molecule is CC(N=C(NN)Nc1ccccc1)c1nccs1. The number of thiazole rings is 1. The minimum atomic E-state index is -0.0349. The molecule has 5 nitrogen and oxygen atoms in total. The third-order valence-electron chi connectivity index (χ3n) is 2.30. The van der Waals surface area contributed by atoms with Crippen molar-refractivity contribution in [1.82, 2.24) is 10.4 Å². The van der Waals surface area contributed by atoms with Crippen molar-refractivity contribution < 1.29 is 0 Å². The van der Waals surface area contributed by atoms with Gasteiger partial charge in [-0.3, -0.25) is 5.43 Å². The van der Waals surface area contributed by atoms with Crippen LogP contribution >= 0.6 is 11.3 Å². The van der Waals surface area contributed by atoms with E-state index in [1.165, 1.54) is 0 Å². The molecule has 2 rings (SSSR count). The average molecular weight is 261 g/mol. The van der Waals surface area contributed by atoms with Gasteiger partial charge in [0, 0.05) is 17.3 Å². The number of nitrogens with zero attached hydrogens (tertiary/aromatic N) is 2. The molecule has 0 radical (unpaired) electrons. The molecule has 0 saturated carbocycles. The number of para-hydroxylation sites is 1. The quantitative estimate of drug-likeness (QED) is 0.342. The molecule has 1 heterocycles. The van der Waals surface area contributed by atoms with Gasteiger partial charge in [-0.2, -0.15) is 0 Å². The second kappa shape index (κ2) is 6.13. The van der Waals surface area contributed by atoms with E-state index in [9.17, 15) is 0 Å². The van der Waals surface area contributed by atoms with Crippen molar-refractivity contribution in [3.05, 3.63) is 46.9 Å². The summed E-state index contributed by atoms with van der Waals surface area (Å²) in [5.74, 6) is 5.98. The zero-order valence-electron chi connectivity index (χ0n) is 10.00. The van der Waals surface area contributed by atoms with Gasteiger partial charge in [-0.1, -0.05) is 18.2 Å². The Hall–Kier alpha value is -1.92. The lowest BCUT2D eigenvalue weighted by molar-refractivity contribution is 0.794. The first-order valence-corrected chi connectivity index (χ1v) is 6.43. The molecule has 2 aromatic rings. The first-order valence-electron chi connectivity index (χ1n) is 5.55. The van der Waals surface area contributed by atoms with Gasteiger partial charge in [-0.05, 0) is 19.1 Å². The highest BCUT2D eigenvalue weighted by molar-refractivity contribution is 7.09. The molecule has 4 N–H and O–H groups in total. The topological polar surface area (TPSA) is 75.3 Å². The monoisotopic (exact) mass is 261 g/mol. The minimum Gasteiger partial charge on any atom is -0.325 e. The largest absolute Gasteiger partial charge is 0.325 e. The fourth-order valence-electron chi connectivity index (χ4n) is 1.45. The van der Waals surface area contributed by atoms with E-state index in [0.29, 0.717) is 5.96 Å². The van der Waals surface area contributed by atoms with E-state index < -0.39 is 0 Å². The molecule has 1 aromatic carbocycles. The Morgan fingerprint density at radius 3 is 2.78 bits per heavy atom. The standard InChI is InChI=1S/C12H15N5S/c1-9(11-14-7-8-18-11)15-12(17-13)16-10-5-3-2-4-6-10/h2-9H,13H2,1H3,(H2,15,16,17). The maximum absolute atomic E-state index is 5.46. The molecule has 18 heavy (non-hydrogen) atoms. The highest BCUT2D eigenvalue weighted by Crippen LogP contribution is 2.18. The van der Waals surface area contributed by atoms with Crippen LogP contribution in [0, 0.1) is 0 Å². The summed E-state index contributed by atoms with van der Waals surface area (Å²) in [7, 11) is 0. The first kappa shape index (κ1) is 12.5. The Morgan fingerprint density at radius 1 is 1.39 bits per heavy atom. The van der Waals surface area contributed by atoms with Gasteiger partial charge in [0.15, 0.2) is 0 Å². The molecule has 0 amide bonds. The molecule has 94 valence electrons. The van der Waals surface area contributed by atoms with Gasteiger partial charge in [0.25, 0.3) is 0 Å². The number of hydrazine groups is 1. The van der Waals surface area contributed by atoms with Gasteiger partial charge >= 0.3 is 0 Å². The van der Waals surface area contributed by atoms with Crippen LogP contribution in [-0.4, -0.2) is 10.9 Å². The minimum absolute atomic E-state index is 0.0349. The number of hydrogen-bond donors (Lipinski definition) is 3. The Bertz CT molecular complexity index is 494. The van der Waals surface area contributed by atoms with Crippen LogP contribution in [0.3, 0.4) is 0 Å². The number of benzene rings is 1. The Morgan fingerprint density at radius 2 is 2.17 bits per heavy atom. The van der Waals surface area contributed by atoms with Crippen LogP contribution in [0.4, 0.5) is 5.69 Å². The molecule has 0 bridgehead atoms. The summed E-state index contributed by atoms with van der Waals surface area (Å²) in [5.41, 5.74) is 3.49. The highest BCUT2D eigenvalue weighted by Gasteiger charge is 2.07. The van der Waals surface area contributed by atoms with Gasteiger partial charge < -0.3 is 5.32 Å². The summed E-state index contributed by atoms with van der Waals surface area (Å²) in [6.45, 7) is 1.98. The van der Waals surface area contributed by atoms with E-state index in [0.717, 1.165) is 10.7 Å². The molecule has 0 saturated heterocycles. The summed E-state index contributed by atoms with van der Waals surface area (Å²) >= 11 is 1.58. The summed E-state index contributed by atoms with van der Waals surface area (Å²) in [5, 5.41) is 6.00. The number of aromatic nitrogens is 1. The summed E-state index contributed by atoms with van der Waals surface area (Å²) in [4.78, 5) is 8.68. The molecular weight excluding hydrogens is 246 g/mol. The second-order valence-corrected chi connectivity index (χ2v) is 4.59. The number of guanidine groups is 1. The van der Waals surface area contributed by atoms with Gasteiger partial charge in [0.05, 0.1) is 0 Å². The predicted octanol–water partition coefficient (Wildman–Crippen LogP) is 2.14. The van der Waals surface area contributed by atoms with E-state index in [4.69, 9.17) is 5.84 Å². The molecule has 6 heteroatoms. The second-order valence-electron chi connectivity index (χ2n) is 3.66. The first-order chi connectivity index (χ1) is 8.79. The molecule has 1 atom stereocenters. The van der Waals surface area contributed by atoms with Crippen molar-refractivity contribution in [3.63, 3.8) is 0 Å². The van der Waals surface area contributed by atoms with Crippen molar-refractivity contribution in [1.29, 1.82) is 0 Å². The number of nitrogens with one attached hydrogen (secondary N) is 2. The zero-order chi connectivity index (χ0) is 12.8. The Balaban J connectivity index is 2.09. The van der Waals surface area contributed by atoms with Crippen molar-refractivity contribution in [2.45, 2.75) is 13.0 Å². The van der Waals surface area contributed by atoms with Crippen LogP contribution in [0.2, 0.25) is 0 Å². The fraction of sp³-hybridized carbons (Fsp3) is 0.167. The lowest BCUT2D eigenvalue weighted by Crippen LogP contribution is -2.36. The fourth-order valence-corrected chi connectivity index (χ4v) is 2.09. The van der Waals surface area contributed by atoms with E-state index in [-0.39, 0.29) is 6.04 Å². The van der Waals surface area contributed by atoms with Crippen LogP contribution in [0.5, 0.6) is 0 Å². The Labute approximate surface area is 110 Å². The third-order valence-corrected chi connectivity index (χ3v) is 3.25. The van der Waals surface area contributed by atoms with Gasteiger partial charge in [0.2, 0.25) is 5.96 Å². The molecule has 0 aliphatic carbocycles. The number of anilines is 1. The third kappa shape index (κ3) is 3.28. The molecule has 0 fully saturated rings. The maximum Gasteiger partial charge on any atom is 0.210 e. The van der Waals surface area contributed by atoms with Crippen LogP contribution in [0.1, 0.15) is 18.0 Å². The highest BCUT2D eigenvalue weighted by atomic mass is 32.1. The van der Waals surface area contributed by atoms with E-state index in [1.807, 2.05) is 42.6 Å². The normalized spacial score (nSPS) is 13.1. The number of nitrogens with two attached hydrogens (primary N) is 1. The van der Waals surface area contributed by atoms with Crippen molar-refractivity contribution in [2.75, 3.05) is 5.32 Å².